The molecule has 1 aromatic heterocycles. The van der Waals surface area contributed by atoms with Crippen LogP contribution in [0.15, 0.2) is 30.3 Å². The summed E-state index contributed by atoms with van der Waals surface area (Å²) in [6.07, 6.45) is 0.0733. The molecule has 1 amide bonds. The first-order valence-corrected chi connectivity index (χ1v) is 8.69. The summed E-state index contributed by atoms with van der Waals surface area (Å²) in [5.41, 5.74) is 1.05. The number of rotatable bonds is 3. The van der Waals surface area contributed by atoms with E-state index in [2.05, 4.69) is 48.1 Å². The van der Waals surface area contributed by atoms with Gasteiger partial charge < -0.3 is 9.64 Å². The maximum Gasteiger partial charge on any atom is 0.230 e. The fourth-order valence-corrected chi connectivity index (χ4v) is 3.01. The van der Waals surface area contributed by atoms with Crippen LogP contribution < -0.4 is 0 Å². The van der Waals surface area contributed by atoms with Crippen molar-refractivity contribution in [3.05, 3.63) is 47.5 Å². The van der Waals surface area contributed by atoms with Crippen LogP contribution >= 0.6 is 0 Å². The molecular weight excluding hydrogens is 316 g/mol. The van der Waals surface area contributed by atoms with Crippen molar-refractivity contribution in [2.24, 2.45) is 5.41 Å². The van der Waals surface area contributed by atoms with Crippen molar-refractivity contribution in [1.29, 1.82) is 0 Å². The van der Waals surface area contributed by atoms with E-state index >= 15 is 0 Å². The second-order valence-corrected chi connectivity index (χ2v) is 7.70. The Balaban J connectivity index is 1.78. The van der Waals surface area contributed by atoms with Gasteiger partial charge in [0.2, 0.25) is 5.91 Å². The number of aryl methyl sites for hydroxylation is 1. The Morgan fingerprint density at radius 2 is 2.00 bits per heavy atom. The summed E-state index contributed by atoms with van der Waals surface area (Å²) in [4.78, 5) is 18.9. The summed E-state index contributed by atoms with van der Waals surface area (Å²) >= 11 is 0. The van der Waals surface area contributed by atoms with Gasteiger partial charge in [-0.2, -0.15) is 5.10 Å². The van der Waals surface area contributed by atoms with Gasteiger partial charge >= 0.3 is 0 Å². The lowest BCUT2D eigenvalue weighted by molar-refractivity contribution is -0.156. The lowest BCUT2D eigenvalue weighted by Crippen LogP contribution is -2.51. The highest BCUT2D eigenvalue weighted by Crippen LogP contribution is 2.33. The highest BCUT2D eigenvalue weighted by molar-refractivity contribution is 5.78. The van der Waals surface area contributed by atoms with Crippen LogP contribution in [-0.2, 0) is 16.0 Å². The van der Waals surface area contributed by atoms with Gasteiger partial charge in [-0.25, -0.2) is 4.98 Å². The van der Waals surface area contributed by atoms with Crippen molar-refractivity contribution in [3.8, 4) is 0 Å². The topological polar surface area (TPSA) is 71.1 Å². The Kier molecular flexibility index (Phi) is 4.90. The molecule has 0 unspecified atom stereocenters. The van der Waals surface area contributed by atoms with Gasteiger partial charge in [-0.15, -0.1) is 0 Å². The second-order valence-electron chi connectivity index (χ2n) is 7.70. The lowest BCUT2D eigenvalue weighted by atomic mass is 9.87. The minimum absolute atomic E-state index is 0.0238. The quantitative estimate of drug-likeness (QED) is 0.931. The van der Waals surface area contributed by atoms with E-state index < -0.39 is 0 Å². The number of aromatic nitrogens is 3. The molecule has 0 aliphatic carbocycles. The maximum atomic E-state index is 12.8. The predicted octanol–water partition coefficient (Wildman–Crippen LogP) is 2.67. The zero-order chi connectivity index (χ0) is 18.0. The summed E-state index contributed by atoms with van der Waals surface area (Å²) in [5.74, 6) is 1.30. The third-order valence-electron chi connectivity index (χ3n) is 4.54. The monoisotopic (exact) mass is 342 g/mol. The number of carbonyl (C=O) groups excluding carboxylic acids is 1. The largest absolute Gasteiger partial charge is 0.366 e. The average Bonchev–Trinajstić information content (AvgIpc) is 2.99. The fourth-order valence-electron chi connectivity index (χ4n) is 3.01. The summed E-state index contributed by atoms with van der Waals surface area (Å²) < 4.78 is 6.34. The highest BCUT2D eigenvalue weighted by atomic mass is 16.5. The van der Waals surface area contributed by atoms with Crippen molar-refractivity contribution in [2.75, 3.05) is 13.1 Å². The van der Waals surface area contributed by atoms with E-state index in [1.807, 2.05) is 30.0 Å². The van der Waals surface area contributed by atoms with Crippen LogP contribution in [0.3, 0.4) is 0 Å². The van der Waals surface area contributed by atoms with E-state index in [1.165, 1.54) is 0 Å². The summed E-state index contributed by atoms with van der Waals surface area (Å²) in [7, 11) is 0. The Morgan fingerprint density at radius 3 is 2.60 bits per heavy atom. The first-order chi connectivity index (χ1) is 11.8. The Bertz CT molecular complexity index is 721. The normalized spacial score (nSPS) is 21.4. The second kappa shape index (κ2) is 6.96. The number of benzene rings is 1. The molecule has 1 saturated heterocycles. The molecular formula is C19H26N4O2. The van der Waals surface area contributed by atoms with Crippen LogP contribution in [-0.4, -0.2) is 45.2 Å². The highest BCUT2D eigenvalue weighted by Gasteiger charge is 2.37. The van der Waals surface area contributed by atoms with Crippen LogP contribution in [0.4, 0.5) is 0 Å². The number of aromatic amines is 1. The molecule has 1 aromatic carbocycles. The number of hydrogen-bond acceptors (Lipinski definition) is 4. The molecule has 3 rings (SSSR count). The van der Waals surface area contributed by atoms with Gasteiger partial charge in [-0.3, -0.25) is 9.89 Å². The molecule has 0 saturated carbocycles. The molecule has 2 atom stereocenters. The van der Waals surface area contributed by atoms with E-state index in [4.69, 9.17) is 4.74 Å². The molecule has 6 nitrogen and oxygen atoms in total. The number of carbonyl (C=O) groups is 1. The zero-order valence-corrected chi connectivity index (χ0v) is 15.3. The molecule has 1 aliphatic rings. The smallest absolute Gasteiger partial charge is 0.230 e. The van der Waals surface area contributed by atoms with Crippen LogP contribution in [0.1, 0.15) is 44.1 Å². The third kappa shape index (κ3) is 4.25. The van der Waals surface area contributed by atoms with Gasteiger partial charge in [-0.1, -0.05) is 51.1 Å². The Morgan fingerprint density at radius 1 is 1.28 bits per heavy atom. The van der Waals surface area contributed by atoms with Gasteiger partial charge in [0.25, 0.3) is 0 Å². The first kappa shape index (κ1) is 17.6. The summed E-state index contributed by atoms with van der Waals surface area (Å²) in [5, 5.41) is 6.87. The Labute approximate surface area is 148 Å². The molecule has 25 heavy (non-hydrogen) atoms. The average molecular weight is 342 g/mol. The van der Waals surface area contributed by atoms with Gasteiger partial charge in [0.05, 0.1) is 19.1 Å². The Hall–Kier alpha value is -2.21. The van der Waals surface area contributed by atoms with E-state index in [0.29, 0.717) is 18.9 Å². The van der Waals surface area contributed by atoms with Crippen LogP contribution in [0, 0.1) is 12.3 Å². The van der Waals surface area contributed by atoms with Crippen molar-refractivity contribution >= 4 is 5.91 Å². The molecule has 2 aromatic rings. The van der Waals surface area contributed by atoms with Gasteiger partial charge in [0.1, 0.15) is 11.9 Å². The molecule has 0 spiro atoms. The number of H-pyrrole nitrogens is 1. The SMILES string of the molecule is Cc1nc(CC(=O)N2C[C@@H](c3ccccc3)O[C@@H](C(C)(C)C)C2)n[nH]1. The lowest BCUT2D eigenvalue weighted by Gasteiger charge is -2.43. The van der Waals surface area contributed by atoms with Crippen molar-refractivity contribution < 1.29 is 9.53 Å². The zero-order valence-electron chi connectivity index (χ0n) is 15.3. The number of nitrogens with zero attached hydrogens (tertiary/aromatic N) is 3. The summed E-state index contributed by atoms with van der Waals surface area (Å²) in [6.45, 7) is 9.41. The molecule has 134 valence electrons. The van der Waals surface area contributed by atoms with Crippen molar-refractivity contribution in [3.63, 3.8) is 0 Å². The van der Waals surface area contributed by atoms with E-state index in [9.17, 15) is 4.79 Å². The number of nitrogens with one attached hydrogen (secondary N) is 1. The minimum Gasteiger partial charge on any atom is -0.366 e. The van der Waals surface area contributed by atoms with Crippen LogP contribution in [0.2, 0.25) is 0 Å². The minimum atomic E-state index is -0.114. The number of morpholine rings is 1. The first-order valence-electron chi connectivity index (χ1n) is 8.69. The van der Waals surface area contributed by atoms with E-state index in [1.54, 1.807) is 0 Å². The number of amides is 1. The molecule has 6 heteroatoms. The third-order valence-corrected chi connectivity index (χ3v) is 4.54. The summed E-state index contributed by atoms with van der Waals surface area (Å²) in [6, 6.07) is 10.1. The standard InChI is InChI=1S/C19H26N4O2/c1-13-20-17(22-21-13)10-18(24)23-11-15(14-8-6-5-7-9-14)25-16(12-23)19(2,3)4/h5-9,15-16H,10-12H2,1-4H3,(H,20,21,22)/t15-,16+/m0/s1. The van der Waals surface area contributed by atoms with Gasteiger partial charge in [-0.05, 0) is 17.9 Å². The van der Waals surface area contributed by atoms with Crippen LogP contribution in [0.25, 0.3) is 0 Å². The van der Waals surface area contributed by atoms with Gasteiger partial charge in [0.15, 0.2) is 5.82 Å². The molecule has 0 bridgehead atoms. The van der Waals surface area contributed by atoms with E-state index in [0.717, 1.165) is 11.4 Å². The van der Waals surface area contributed by atoms with Crippen molar-refractivity contribution in [1.82, 2.24) is 20.1 Å². The molecule has 1 fully saturated rings. The predicted molar refractivity (Wildman–Crippen MR) is 94.9 cm³/mol. The number of ether oxygens (including phenoxy) is 1. The molecule has 2 heterocycles. The van der Waals surface area contributed by atoms with Gasteiger partial charge in [0, 0.05) is 6.54 Å². The van der Waals surface area contributed by atoms with Crippen LogP contribution in [0.5, 0.6) is 0 Å². The maximum absolute atomic E-state index is 12.8. The number of hydrogen-bond donors (Lipinski definition) is 1. The van der Waals surface area contributed by atoms with E-state index in [-0.39, 0.29) is 30.0 Å². The molecule has 1 N–H and O–H groups in total. The van der Waals surface area contributed by atoms with Crippen molar-refractivity contribution in [2.45, 2.75) is 46.3 Å². The molecule has 1 aliphatic heterocycles. The fraction of sp³-hybridized carbons (Fsp3) is 0.526. The molecule has 0 radical (unpaired) electrons.